The third-order valence-electron chi connectivity index (χ3n) is 5.59. The molecule has 172 valence electrons. The van der Waals surface area contributed by atoms with Crippen molar-refractivity contribution in [2.75, 3.05) is 58.0 Å². The number of ether oxygens (including phenoxy) is 4. The van der Waals surface area contributed by atoms with Gasteiger partial charge in [0.1, 0.15) is 0 Å². The topological polar surface area (TPSA) is 73.3 Å². The van der Waals surface area contributed by atoms with Crippen molar-refractivity contribution in [1.29, 1.82) is 0 Å². The van der Waals surface area contributed by atoms with Gasteiger partial charge in [-0.05, 0) is 62.5 Å². The van der Waals surface area contributed by atoms with Crippen LogP contribution in [-0.4, -0.2) is 58.7 Å². The van der Waals surface area contributed by atoms with E-state index in [2.05, 4.69) is 10.6 Å². The van der Waals surface area contributed by atoms with Gasteiger partial charge in [-0.25, -0.2) is 0 Å². The number of hydrogen-bond donors (Lipinski definition) is 2. The molecule has 0 atom stereocenters. The highest BCUT2D eigenvalue weighted by molar-refractivity contribution is 5.93. The lowest BCUT2D eigenvalue weighted by Crippen LogP contribution is -2.32. The van der Waals surface area contributed by atoms with Crippen molar-refractivity contribution in [3.05, 3.63) is 18.2 Å². The van der Waals surface area contributed by atoms with Crippen molar-refractivity contribution in [2.24, 2.45) is 16.8 Å². The molecule has 2 aliphatic carbocycles. The summed E-state index contributed by atoms with van der Waals surface area (Å²) in [5.74, 6) is 3.98. The van der Waals surface area contributed by atoms with Gasteiger partial charge < -0.3 is 29.6 Å². The molecule has 2 fully saturated rings. The van der Waals surface area contributed by atoms with Gasteiger partial charge in [0.2, 0.25) is 0 Å². The van der Waals surface area contributed by atoms with Crippen LogP contribution in [0.2, 0.25) is 0 Å². The second-order valence-corrected chi connectivity index (χ2v) is 8.74. The van der Waals surface area contributed by atoms with Crippen molar-refractivity contribution in [2.45, 2.75) is 44.9 Å². The molecule has 0 unspecified atom stereocenters. The van der Waals surface area contributed by atoms with Crippen LogP contribution in [0.25, 0.3) is 0 Å². The lowest BCUT2D eigenvalue weighted by Gasteiger charge is -2.15. The van der Waals surface area contributed by atoms with Crippen molar-refractivity contribution >= 4 is 11.6 Å². The van der Waals surface area contributed by atoms with Crippen LogP contribution in [0.1, 0.15) is 44.9 Å². The van der Waals surface area contributed by atoms with E-state index in [1.165, 1.54) is 25.7 Å². The molecule has 2 saturated carbocycles. The molecular weight excluding hydrogens is 394 g/mol. The molecule has 7 heteroatoms. The highest BCUT2D eigenvalue weighted by Gasteiger charge is 2.21. The van der Waals surface area contributed by atoms with Gasteiger partial charge >= 0.3 is 0 Å². The highest BCUT2D eigenvalue weighted by atomic mass is 16.5. The van der Waals surface area contributed by atoms with Crippen LogP contribution in [0.3, 0.4) is 0 Å². The maximum Gasteiger partial charge on any atom is 0.195 e. The normalized spacial score (nSPS) is 18.5. The Morgan fingerprint density at radius 2 is 1.65 bits per heavy atom. The molecule has 0 saturated heterocycles. The van der Waals surface area contributed by atoms with E-state index >= 15 is 0 Å². The number of benzene rings is 1. The Kier molecular flexibility index (Phi) is 8.71. The molecule has 0 amide bonds. The van der Waals surface area contributed by atoms with Crippen molar-refractivity contribution in [1.82, 2.24) is 5.32 Å². The van der Waals surface area contributed by atoms with E-state index in [0.717, 1.165) is 93.8 Å². The molecule has 0 aromatic heterocycles. The average molecular weight is 432 g/mol. The molecule has 0 radical (unpaired) electrons. The van der Waals surface area contributed by atoms with E-state index in [0.29, 0.717) is 13.2 Å². The predicted octanol–water partition coefficient (Wildman–Crippen LogP) is 3.84. The molecule has 1 aromatic carbocycles. The quantitative estimate of drug-likeness (QED) is 0.281. The van der Waals surface area contributed by atoms with Gasteiger partial charge in [0, 0.05) is 57.7 Å². The minimum Gasteiger partial charge on any atom is -0.490 e. The summed E-state index contributed by atoms with van der Waals surface area (Å²) in [7, 11) is 0. The van der Waals surface area contributed by atoms with Crippen LogP contribution in [0.15, 0.2) is 23.2 Å². The largest absolute Gasteiger partial charge is 0.490 e. The molecule has 7 nitrogen and oxygen atoms in total. The third-order valence-corrected chi connectivity index (χ3v) is 5.59. The van der Waals surface area contributed by atoms with E-state index in [-0.39, 0.29) is 0 Å². The summed E-state index contributed by atoms with van der Waals surface area (Å²) in [4.78, 5) is 4.74. The maximum absolute atomic E-state index is 5.81. The van der Waals surface area contributed by atoms with E-state index in [9.17, 15) is 0 Å². The Hall–Kier alpha value is -1.99. The van der Waals surface area contributed by atoms with Crippen molar-refractivity contribution in [3.8, 4) is 11.5 Å². The summed E-state index contributed by atoms with van der Waals surface area (Å²) < 4.78 is 23.0. The first-order chi connectivity index (χ1) is 15.4. The molecule has 1 aliphatic heterocycles. The van der Waals surface area contributed by atoms with Crippen LogP contribution in [0, 0.1) is 11.8 Å². The predicted molar refractivity (Wildman–Crippen MR) is 122 cm³/mol. The standard InChI is InChI=1S/C24H37N3O4/c1(12-28-17-19-4-5-19)10-25-24(26-11-2-13-29-18-20-6-7-20)27-21-8-9-22-23(16-21)31-15-3-14-30-22/h8-9,16,19-20H,1-7,10-15,17-18H2,(H2,25,26,27). The summed E-state index contributed by atoms with van der Waals surface area (Å²) in [6.07, 6.45) is 8.10. The Morgan fingerprint density at radius 1 is 0.935 bits per heavy atom. The minimum atomic E-state index is 0.678. The fraction of sp³-hybridized carbons (Fsp3) is 0.708. The molecule has 1 aromatic rings. The minimum absolute atomic E-state index is 0.678. The van der Waals surface area contributed by atoms with Crippen molar-refractivity contribution < 1.29 is 18.9 Å². The molecule has 0 bridgehead atoms. The van der Waals surface area contributed by atoms with Gasteiger partial charge in [0.05, 0.1) is 13.2 Å². The van der Waals surface area contributed by atoms with Gasteiger partial charge in [-0.3, -0.25) is 4.99 Å². The zero-order valence-corrected chi connectivity index (χ0v) is 18.6. The highest BCUT2D eigenvalue weighted by Crippen LogP contribution is 2.32. The van der Waals surface area contributed by atoms with E-state index in [1.54, 1.807) is 0 Å². The lowest BCUT2D eigenvalue weighted by molar-refractivity contribution is 0.123. The first-order valence-electron chi connectivity index (χ1n) is 12.0. The Balaban J connectivity index is 1.24. The number of aliphatic imine (C=N–C) groups is 1. The lowest BCUT2D eigenvalue weighted by atomic mass is 10.2. The summed E-state index contributed by atoms with van der Waals surface area (Å²) >= 11 is 0. The fourth-order valence-electron chi connectivity index (χ4n) is 3.32. The molecule has 2 N–H and O–H groups in total. The van der Waals surface area contributed by atoms with E-state index < -0.39 is 0 Å². The van der Waals surface area contributed by atoms with Gasteiger partial charge in [-0.15, -0.1) is 0 Å². The molecule has 0 spiro atoms. The number of rotatable bonds is 13. The maximum atomic E-state index is 5.81. The van der Waals surface area contributed by atoms with Gasteiger partial charge in [-0.2, -0.15) is 0 Å². The zero-order chi connectivity index (χ0) is 21.1. The van der Waals surface area contributed by atoms with Gasteiger partial charge in [0.15, 0.2) is 17.5 Å². The Bertz CT molecular complexity index is 704. The average Bonchev–Trinajstić information content (AvgIpc) is 3.67. The van der Waals surface area contributed by atoms with Crippen molar-refractivity contribution in [3.63, 3.8) is 0 Å². The smallest absolute Gasteiger partial charge is 0.195 e. The number of nitrogens with one attached hydrogen (secondary N) is 2. The van der Waals surface area contributed by atoms with Crippen LogP contribution in [0.5, 0.6) is 11.5 Å². The van der Waals surface area contributed by atoms with Gasteiger partial charge in [0.25, 0.3) is 0 Å². The zero-order valence-electron chi connectivity index (χ0n) is 18.6. The second kappa shape index (κ2) is 12.2. The molecule has 1 heterocycles. The Morgan fingerprint density at radius 3 is 2.39 bits per heavy atom. The third kappa shape index (κ3) is 8.57. The molecule has 31 heavy (non-hydrogen) atoms. The van der Waals surface area contributed by atoms with Gasteiger partial charge in [-0.1, -0.05) is 0 Å². The fourth-order valence-corrected chi connectivity index (χ4v) is 3.32. The first-order valence-corrected chi connectivity index (χ1v) is 12.0. The molecule has 3 aliphatic rings. The number of anilines is 1. The second-order valence-electron chi connectivity index (χ2n) is 8.74. The van der Waals surface area contributed by atoms with E-state index in [1.807, 2.05) is 18.2 Å². The first kappa shape index (κ1) is 22.2. The SMILES string of the molecule is c1cc2c(cc1NC(=NCCCOCC1CC1)NCCCOCC1CC1)OCCCO2. The number of nitrogens with zero attached hydrogens (tertiary/aromatic N) is 1. The van der Waals surface area contributed by atoms with E-state index in [4.69, 9.17) is 23.9 Å². The number of guanidine groups is 1. The molecular formula is C24H37N3O4. The van der Waals surface area contributed by atoms with Crippen LogP contribution >= 0.6 is 0 Å². The Labute approximate surface area is 185 Å². The monoisotopic (exact) mass is 431 g/mol. The van der Waals surface area contributed by atoms with Crippen LogP contribution in [0.4, 0.5) is 5.69 Å². The number of fused-ring (bicyclic) bond motifs is 1. The van der Waals surface area contributed by atoms with Crippen LogP contribution in [-0.2, 0) is 9.47 Å². The molecule has 4 rings (SSSR count). The summed E-state index contributed by atoms with van der Waals surface area (Å²) in [5.41, 5.74) is 0.936. The summed E-state index contributed by atoms with van der Waals surface area (Å²) in [6.45, 7) is 6.30. The summed E-state index contributed by atoms with van der Waals surface area (Å²) in [6, 6.07) is 5.94. The summed E-state index contributed by atoms with van der Waals surface area (Å²) in [5, 5.41) is 6.84. The number of hydrogen-bond acceptors (Lipinski definition) is 5. The van der Waals surface area contributed by atoms with Crippen LogP contribution < -0.4 is 20.1 Å².